The molecule has 1 aliphatic carbocycles. The highest BCUT2D eigenvalue weighted by Gasteiger charge is 2.30. The fourth-order valence-corrected chi connectivity index (χ4v) is 5.42. The van der Waals surface area contributed by atoms with Gasteiger partial charge in [0.25, 0.3) is 0 Å². The summed E-state index contributed by atoms with van der Waals surface area (Å²) in [5.74, 6) is -0.741. The van der Waals surface area contributed by atoms with Crippen LogP contribution in [0.4, 0.5) is 0 Å². The molecule has 0 spiro atoms. The number of carboxylic acids is 1. The van der Waals surface area contributed by atoms with Crippen molar-refractivity contribution in [2.75, 3.05) is 26.2 Å². The van der Waals surface area contributed by atoms with Crippen LogP contribution in [0.15, 0.2) is 23.1 Å². The minimum atomic E-state index is -3.48. The number of nitrogens with one attached hydrogen (secondary N) is 1. The van der Waals surface area contributed by atoms with Crippen LogP contribution in [0.3, 0.4) is 0 Å². The minimum Gasteiger partial charge on any atom is -0.480 e. The molecule has 0 saturated carbocycles. The van der Waals surface area contributed by atoms with Crippen LogP contribution >= 0.6 is 12.4 Å². The summed E-state index contributed by atoms with van der Waals surface area (Å²) in [5, 5.41) is 11.6. The molecule has 1 heterocycles. The molecule has 0 radical (unpaired) electrons. The van der Waals surface area contributed by atoms with Crippen LogP contribution in [-0.2, 0) is 27.7 Å². The molecule has 1 fully saturated rings. The van der Waals surface area contributed by atoms with Crippen LogP contribution in [0.5, 0.6) is 0 Å². The number of fused-ring (bicyclic) bond motifs is 1. The van der Waals surface area contributed by atoms with E-state index in [9.17, 15) is 13.2 Å². The van der Waals surface area contributed by atoms with E-state index in [0.29, 0.717) is 24.5 Å². The first-order valence-corrected chi connectivity index (χ1v) is 10.5. The number of benzene rings is 1. The summed E-state index contributed by atoms with van der Waals surface area (Å²) >= 11 is 0. The van der Waals surface area contributed by atoms with Crippen LogP contribution in [0.1, 0.15) is 36.8 Å². The lowest BCUT2D eigenvalue weighted by Crippen LogP contribution is -2.43. The quantitative estimate of drug-likeness (QED) is 0.760. The molecular formula is C18H27ClN2O4S. The van der Waals surface area contributed by atoms with Crippen LogP contribution in [0.2, 0.25) is 0 Å². The molecule has 1 atom stereocenters. The van der Waals surface area contributed by atoms with Gasteiger partial charge >= 0.3 is 5.97 Å². The fourth-order valence-electron chi connectivity index (χ4n) is 3.81. The van der Waals surface area contributed by atoms with Gasteiger partial charge in [0.1, 0.15) is 0 Å². The number of rotatable bonds is 6. The molecule has 0 bridgehead atoms. The summed E-state index contributed by atoms with van der Waals surface area (Å²) in [7, 11) is -3.48. The van der Waals surface area contributed by atoms with Gasteiger partial charge in [-0.3, -0.25) is 4.79 Å². The molecule has 1 unspecified atom stereocenters. The van der Waals surface area contributed by atoms with E-state index in [4.69, 9.17) is 5.11 Å². The van der Waals surface area contributed by atoms with Crippen LogP contribution in [0, 0.1) is 5.92 Å². The molecule has 146 valence electrons. The first-order chi connectivity index (χ1) is 12.0. The number of halogens is 1. The number of carbonyl (C=O) groups is 1. The molecule has 8 heteroatoms. The van der Waals surface area contributed by atoms with E-state index in [1.807, 2.05) is 12.1 Å². The molecule has 2 aliphatic rings. The molecule has 1 aromatic rings. The molecule has 26 heavy (non-hydrogen) atoms. The lowest BCUT2D eigenvalue weighted by molar-refractivity contribution is -0.136. The minimum absolute atomic E-state index is 0. The fraction of sp³-hybridized carbons (Fsp3) is 0.611. The van der Waals surface area contributed by atoms with Gasteiger partial charge in [-0.1, -0.05) is 6.07 Å². The van der Waals surface area contributed by atoms with Crippen molar-refractivity contribution in [3.8, 4) is 0 Å². The Bertz CT molecular complexity index is 739. The van der Waals surface area contributed by atoms with Gasteiger partial charge in [-0.2, -0.15) is 4.31 Å². The van der Waals surface area contributed by atoms with Crippen LogP contribution in [0.25, 0.3) is 0 Å². The third-order valence-corrected chi connectivity index (χ3v) is 7.01. The summed E-state index contributed by atoms with van der Waals surface area (Å²) in [4.78, 5) is 11.0. The van der Waals surface area contributed by atoms with Crippen molar-refractivity contribution in [2.45, 2.75) is 43.4 Å². The first-order valence-electron chi connectivity index (χ1n) is 9.01. The van der Waals surface area contributed by atoms with Crippen molar-refractivity contribution in [3.63, 3.8) is 0 Å². The Morgan fingerprint density at radius 1 is 1.19 bits per heavy atom. The van der Waals surface area contributed by atoms with Gasteiger partial charge in [0.15, 0.2) is 0 Å². The van der Waals surface area contributed by atoms with E-state index < -0.39 is 16.0 Å². The number of aryl methyl sites for hydroxylation is 2. The van der Waals surface area contributed by atoms with Gasteiger partial charge < -0.3 is 10.4 Å². The van der Waals surface area contributed by atoms with Gasteiger partial charge in [-0.05, 0) is 74.2 Å². The van der Waals surface area contributed by atoms with E-state index >= 15 is 0 Å². The van der Waals surface area contributed by atoms with Crippen molar-refractivity contribution >= 4 is 28.4 Å². The Balaban J connectivity index is 0.00000243. The van der Waals surface area contributed by atoms with E-state index in [2.05, 4.69) is 5.32 Å². The number of hydrogen-bond donors (Lipinski definition) is 2. The predicted molar refractivity (Wildman–Crippen MR) is 102 cm³/mol. The smallest absolute Gasteiger partial charge is 0.317 e. The van der Waals surface area contributed by atoms with Gasteiger partial charge in [0.2, 0.25) is 10.0 Å². The maximum Gasteiger partial charge on any atom is 0.317 e. The molecule has 1 aromatic carbocycles. The molecule has 0 amide bonds. The monoisotopic (exact) mass is 402 g/mol. The van der Waals surface area contributed by atoms with Gasteiger partial charge in [0, 0.05) is 13.1 Å². The van der Waals surface area contributed by atoms with Gasteiger partial charge in [-0.15, -0.1) is 12.4 Å². The van der Waals surface area contributed by atoms with E-state index in [1.165, 1.54) is 17.5 Å². The first kappa shape index (κ1) is 21.2. The highest BCUT2D eigenvalue weighted by atomic mass is 35.5. The van der Waals surface area contributed by atoms with Crippen molar-refractivity contribution in [2.24, 2.45) is 5.92 Å². The van der Waals surface area contributed by atoms with E-state index in [0.717, 1.165) is 32.1 Å². The van der Waals surface area contributed by atoms with Crippen LogP contribution < -0.4 is 5.32 Å². The Morgan fingerprint density at radius 3 is 2.65 bits per heavy atom. The van der Waals surface area contributed by atoms with Crippen molar-refractivity contribution < 1.29 is 18.3 Å². The lowest BCUT2D eigenvalue weighted by atomic mass is 9.92. The largest absolute Gasteiger partial charge is 0.480 e. The maximum absolute atomic E-state index is 13.0. The Kier molecular flexibility index (Phi) is 7.46. The van der Waals surface area contributed by atoms with Gasteiger partial charge in [-0.25, -0.2) is 8.42 Å². The van der Waals surface area contributed by atoms with E-state index in [-0.39, 0.29) is 24.9 Å². The number of carboxylic acid groups (broad SMARTS) is 1. The SMILES string of the molecule is Cl.O=C(O)CNCC1CCCN(S(=O)(=O)c2ccc3c(c2)CCCC3)C1. The molecule has 1 saturated heterocycles. The molecule has 3 rings (SSSR count). The number of nitrogens with zero attached hydrogens (tertiary/aromatic N) is 1. The normalized spacial score (nSPS) is 20.8. The van der Waals surface area contributed by atoms with E-state index in [1.54, 1.807) is 10.4 Å². The predicted octanol–water partition coefficient (Wildman–Crippen LogP) is 2.06. The average Bonchev–Trinajstić information content (AvgIpc) is 2.61. The standard InChI is InChI=1S/C18H26N2O4S.ClH/c21-18(22)12-19-11-14-4-3-9-20(13-14)25(23,24)17-8-7-15-5-1-2-6-16(15)10-17;/h7-8,10,14,19H,1-6,9,11-13H2,(H,21,22);1H. The van der Waals surface area contributed by atoms with Crippen molar-refractivity contribution in [1.29, 1.82) is 0 Å². The average molecular weight is 403 g/mol. The molecule has 1 aliphatic heterocycles. The Hall–Kier alpha value is -1.15. The third kappa shape index (κ3) is 4.97. The summed E-state index contributed by atoms with van der Waals surface area (Å²) in [6.07, 6.45) is 6.03. The van der Waals surface area contributed by atoms with Crippen molar-refractivity contribution in [1.82, 2.24) is 9.62 Å². The zero-order valence-electron chi connectivity index (χ0n) is 14.8. The van der Waals surface area contributed by atoms with Crippen molar-refractivity contribution in [3.05, 3.63) is 29.3 Å². The molecule has 0 aromatic heterocycles. The third-order valence-electron chi connectivity index (χ3n) is 5.15. The summed E-state index contributed by atoms with van der Waals surface area (Å²) in [6, 6.07) is 5.57. The van der Waals surface area contributed by atoms with Gasteiger partial charge in [0.05, 0.1) is 11.4 Å². The Labute approximate surface area is 161 Å². The van der Waals surface area contributed by atoms with Crippen LogP contribution in [-0.4, -0.2) is 50.0 Å². The maximum atomic E-state index is 13.0. The zero-order valence-corrected chi connectivity index (χ0v) is 16.4. The second-order valence-electron chi connectivity index (χ2n) is 7.03. The Morgan fingerprint density at radius 2 is 1.92 bits per heavy atom. The second-order valence-corrected chi connectivity index (χ2v) is 8.97. The molecule has 6 nitrogen and oxygen atoms in total. The highest BCUT2D eigenvalue weighted by Crippen LogP contribution is 2.28. The number of sulfonamides is 1. The number of hydrogen-bond acceptors (Lipinski definition) is 4. The number of aliphatic carboxylic acids is 1. The highest BCUT2D eigenvalue weighted by molar-refractivity contribution is 7.89. The molecule has 2 N–H and O–H groups in total. The zero-order chi connectivity index (χ0) is 17.9. The summed E-state index contributed by atoms with van der Waals surface area (Å²) in [5.41, 5.74) is 2.45. The number of piperidine rings is 1. The summed E-state index contributed by atoms with van der Waals surface area (Å²) < 4.78 is 27.6. The second kappa shape index (κ2) is 9.17. The lowest BCUT2D eigenvalue weighted by Gasteiger charge is -2.32. The summed E-state index contributed by atoms with van der Waals surface area (Å²) in [6.45, 7) is 1.43. The topological polar surface area (TPSA) is 86.7 Å². The molecular weight excluding hydrogens is 376 g/mol.